The highest BCUT2D eigenvalue weighted by molar-refractivity contribution is 6.30. The van der Waals surface area contributed by atoms with Gasteiger partial charge in [-0.3, -0.25) is 14.6 Å². The fraction of sp³-hybridized carbons (Fsp3) is 0.333. The van der Waals surface area contributed by atoms with Crippen LogP contribution in [0.5, 0.6) is 0 Å². The number of piperazine rings is 1. The highest BCUT2D eigenvalue weighted by Gasteiger charge is 2.22. The molecule has 10 heteroatoms. The lowest BCUT2D eigenvalue weighted by atomic mass is 10.1. The molecule has 1 fully saturated rings. The average Bonchev–Trinajstić information content (AvgIpc) is 3.13. The Bertz CT molecular complexity index is 1180. The largest absolute Gasteiger partial charge is 0.368 e. The van der Waals surface area contributed by atoms with Crippen molar-refractivity contribution in [3.63, 3.8) is 0 Å². The first-order valence-electron chi connectivity index (χ1n) is 10.1. The number of halogens is 1. The monoisotopic (exact) mass is 442 g/mol. The Balaban J connectivity index is 1.26. The lowest BCUT2D eigenvalue weighted by molar-refractivity contribution is -0.133. The van der Waals surface area contributed by atoms with Gasteiger partial charge in [-0.2, -0.15) is 0 Å². The zero-order chi connectivity index (χ0) is 22.0. The van der Waals surface area contributed by atoms with Gasteiger partial charge in [-0.05, 0) is 36.8 Å². The zero-order valence-corrected chi connectivity index (χ0v) is 17.8. The third-order valence-corrected chi connectivity index (χ3v) is 5.59. The van der Waals surface area contributed by atoms with E-state index < -0.39 is 0 Å². The van der Waals surface area contributed by atoms with Gasteiger partial charge in [0.1, 0.15) is 5.82 Å². The molecule has 0 atom stereocenters. The summed E-state index contributed by atoms with van der Waals surface area (Å²) in [6, 6.07) is 9.07. The van der Waals surface area contributed by atoms with E-state index in [9.17, 15) is 14.4 Å². The molecule has 0 radical (unpaired) electrons. The topological polar surface area (TPSA) is 114 Å². The first-order chi connectivity index (χ1) is 14.9. The summed E-state index contributed by atoms with van der Waals surface area (Å²) in [5.74, 6) is -0.0204. The van der Waals surface area contributed by atoms with E-state index in [-0.39, 0.29) is 30.3 Å². The number of aromatic amines is 2. The summed E-state index contributed by atoms with van der Waals surface area (Å²) in [5, 5.41) is 3.36. The van der Waals surface area contributed by atoms with Gasteiger partial charge in [-0.1, -0.05) is 17.7 Å². The number of aryl methyl sites for hydroxylation is 1. The van der Waals surface area contributed by atoms with Crippen molar-refractivity contribution >= 4 is 46.1 Å². The van der Waals surface area contributed by atoms with Crippen molar-refractivity contribution in [1.29, 1.82) is 0 Å². The number of rotatable bonds is 5. The Hall–Kier alpha value is -3.33. The number of imidazole rings is 1. The van der Waals surface area contributed by atoms with Gasteiger partial charge < -0.3 is 20.1 Å². The number of nitrogens with zero attached hydrogens (tertiary/aromatic N) is 3. The molecule has 2 aromatic heterocycles. The van der Waals surface area contributed by atoms with Crippen molar-refractivity contribution in [3.05, 3.63) is 51.4 Å². The third-order valence-electron chi connectivity index (χ3n) is 5.35. The SMILES string of the molecule is Cc1ccc(Cl)cc1N1CCN(C(=O)CCC(=O)Nc2ccc3[nH]c(=O)[nH]c3n2)CC1. The Labute approximate surface area is 183 Å². The minimum Gasteiger partial charge on any atom is -0.368 e. The first-order valence-corrected chi connectivity index (χ1v) is 10.4. The maximum Gasteiger partial charge on any atom is 0.325 e. The van der Waals surface area contributed by atoms with Crippen LogP contribution in [0.1, 0.15) is 18.4 Å². The quantitative estimate of drug-likeness (QED) is 0.561. The van der Waals surface area contributed by atoms with E-state index in [1.54, 1.807) is 17.0 Å². The van der Waals surface area contributed by atoms with Crippen LogP contribution < -0.4 is 15.9 Å². The number of carbonyl (C=O) groups is 2. The Morgan fingerprint density at radius 3 is 2.65 bits per heavy atom. The van der Waals surface area contributed by atoms with Crippen molar-refractivity contribution in [3.8, 4) is 0 Å². The summed E-state index contributed by atoms with van der Waals surface area (Å²) in [6.45, 7) is 4.69. The highest BCUT2D eigenvalue weighted by Crippen LogP contribution is 2.25. The Morgan fingerprint density at radius 2 is 1.87 bits per heavy atom. The number of hydrogen-bond acceptors (Lipinski definition) is 5. The molecule has 2 amide bonds. The van der Waals surface area contributed by atoms with E-state index in [0.717, 1.165) is 24.3 Å². The van der Waals surface area contributed by atoms with Gasteiger partial charge in [0.2, 0.25) is 11.8 Å². The van der Waals surface area contributed by atoms with Gasteiger partial charge in [0.05, 0.1) is 5.52 Å². The highest BCUT2D eigenvalue weighted by atomic mass is 35.5. The van der Waals surface area contributed by atoms with Crippen molar-refractivity contribution in [2.24, 2.45) is 0 Å². The molecule has 3 N–H and O–H groups in total. The van der Waals surface area contributed by atoms with Crippen molar-refractivity contribution in [1.82, 2.24) is 19.9 Å². The van der Waals surface area contributed by atoms with E-state index in [0.29, 0.717) is 35.1 Å². The van der Waals surface area contributed by atoms with Crippen molar-refractivity contribution in [2.75, 3.05) is 36.4 Å². The minimum absolute atomic E-state index is 0.0454. The second kappa shape index (κ2) is 8.81. The molecule has 162 valence electrons. The molecule has 1 aliphatic rings. The second-order valence-electron chi connectivity index (χ2n) is 7.52. The van der Waals surface area contributed by atoms with Crippen LogP contribution in [0.25, 0.3) is 11.2 Å². The van der Waals surface area contributed by atoms with Crippen molar-refractivity contribution in [2.45, 2.75) is 19.8 Å². The Kier molecular flexibility index (Phi) is 5.94. The molecule has 0 saturated carbocycles. The van der Waals surface area contributed by atoms with E-state index in [1.165, 1.54) is 0 Å². The predicted octanol–water partition coefficient (Wildman–Crippen LogP) is 2.28. The van der Waals surface area contributed by atoms with Gasteiger partial charge in [-0.15, -0.1) is 0 Å². The third kappa shape index (κ3) is 4.88. The molecular weight excluding hydrogens is 420 g/mol. The molecule has 0 spiro atoms. The van der Waals surface area contributed by atoms with Crippen LogP contribution in [-0.4, -0.2) is 57.8 Å². The fourth-order valence-corrected chi connectivity index (χ4v) is 3.86. The summed E-state index contributed by atoms with van der Waals surface area (Å²) in [7, 11) is 0. The van der Waals surface area contributed by atoms with Crippen LogP contribution in [0.4, 0.5) is 11.5 Å². The minimum atomic E-state index is -0.359. The number of carbonyl (C=O) groups excluding carboxylic acids is 2. The van der Waals surface area contributed by atoms with Crippen LogP contribution >= 0.6 is 11.6 Å². The maximum atomic E-state index is 12.5. The average molecular weight is 443 g/mol. The molecule has 1 saturated heterocycles. The summed E-state index contributed by atoms with van der Waals surface area (Å²) in [6.07, 6.45) is 0.196. The molecule has 1 aromatic carbocycles. The molecule has 4 rings (SSSR count). The lowest BCUT2D eigenvalue weighted by Crippen LogP contribution is -2.49. The number of nitrogens with one attached hydrogen (secondary N) is 3. The normalized spacial score (nSPS) is 14.1. The number of hydrogen-bond donors (Lipinski definition) is 3. The molecule has 3 aromatic rings. The van der Waals surface area contributed by atoms with Crippen LogP contribution in [-0.2, 0) is 9.59 Å². The predicted molar refractivity (Wildman–Crippen MR) is 120 cm³/mol. The fourth-order valence-electron chi connectivity index (χ4n) is 3.69. The Morgan fingerprint density at radius 1 is 1.10 bits per heavy atom. The summed E-state index contributed by atoms with van der Waals surface area (Å²) < 4.78 is 0. The molecule has 0 unspecified atom stereocenters. The standard InChI is InChI=1S/C21H23ClN6O3/c1-13-2-3-14(22)12-16(13)27-8-10-28(11-9-27)19(30)7-6-18(29)24-17-5-4-15-20(25-17)26-21(31)23-15/h2-5,12H,6-11H2,1H3,(H3,23,24,25,26,29,31). The first kappa shape index (κ1) is 20.9. The lowest BCUT2D eigenvalue weighted by Gasteiger charge is -2.37. The van der Waals surface area contributed by atoms with E-state index >= 15 is 0 Å². The number of H-pyrrole nitrogens is 2. The molecular formula is C21H23ClN6O3. The van der Waals surface area contributed by atoms with Crippen LogP contribution in [0.15, 0.2) is 35.1 Å². The van der Waals surface area contributed by atoms with Crippen LogP contribution in [0, 0.1) is 6.92 Å². The zero-order valence-electron chi connectivity index (χ0n) is 17.1. The van der Waals surface area contributed by atoms with E-state index in [4.69, 9.17) is 11.6 Å². The van der Waals surface area contributed by atoms with Gasteiger partial charge in [0.15, 0.2) is 5.65 Å². The van der Waals surface area contributed by atoms with Gasteiger partial charge >= 0.3 is 5.69 Å². The molecule has 1 aliphatic heterocycles. The summed E-state index contributed by atoms with van der Waals surface area (Å²) in [4.78, 5) is 49.4. The van der Waals surface area contributed by atoms with E-state index in [2.05, 4.69) is 25.2 Å². The van der Waals surface area contributed by atoms with Gasteiger partial charge in [0, 0.05) is 49.7 Å². The molecule has 31 heavy (non-hydrogen) atoms. The maximum absolute atomic E-state index is 12.5. The second-order valence-corrected chi connectivity index (χ2v) is 7.96. The number of benzene rings is 1. The number of pyridine rings is 1. The summed E-state index contributed by atoms with van der Waals surface area (Å²) >= 11 is 6.12. The van der Waals surface area contributed by atoms with Crippen LogP contribution in [0.3, 0.4) is 0 Å². The molecule has 3 heterocycles. The van der Waals surface area contributed by atoms with Crippen LogP contribution in [0.2, 0.25) is 5.02 Å². The van der Waals surface area contributed by atoms with Gasteiger partial charge in [0.25, 0.3) is 0 Å². The van der Waals surface area contributed by atoms with Crippen molar-refractivity contribution < 1.29 is 9.59 Å². The van der Waals surface area contributed by atoms with E-state index in [1.807, 2.05) is 25.1 Å². The summed E-state index contributed by atoms with van der Waals surface area (Å²) in [5.41, 5.74) is 2.81. The van der Waals surface area contributed by atoms with Gasteiger partial charge in [-0.25, -0.2) is 9.78 Å². The number of aromatic nitrogens is 3. The molecule has 0 aliphatic carbocycles. The number of amides is 2. The smallest absolute Gasteiger partial charge is 0.325 e. The number of anilines is 2. The molecule has 0 bridgehead atoms. The number of fused-ring (bicyclic) bond motifs is 1. The molecule has 9 nitrogen and oxygen atoms in total.